The summed E-state index contributed by atoms with van der Waals surface area (Å²) in [5.41, 5.74) is 0.566. The lowest BCUT2D eigenvalue weighted by molar-refractivity contribution is 0.0755. The van der Waals surface area contributed by atoms with E-state index in [4.69, 9.17) is 0 Å². The van der Waals surface area contributed by atoms with Crippen LogP contribution in [-0.4, -0.2) is 54.8 Å². The Bertz CT molecular complexity index is 622. The second-order valence-electron chi connectivity index (χ2n) is 5.97. The molecule has 23 heavy (non-hydrogen) atoms. The zero-order chi connectivity index (χ0) is 16.9. The largest absolute Gasteiger partial charge is 0.366 e. The van der Waals surface area contributed by atoms with E-state index in [0.717, 1.165) is 25.9 Å². The van der Waals surface area contributed by atoms with E-state index >= 15 is 0 Å². The third kappa shape index (κ3) is 4.92. The first-order chi connectivity index (χ1) is 10.9. The van der Waals surface area contributed by atoms with E-state index in [0.29, 0.717) is 17.8 Å². The van der Waals surface area contributed by atoms with Crippen molar-refractivity contribution >= 4 is 21.6 Å². The molecule has 1 fully saturated rings. The lowest BCUT2D eigenvalue weighted by atomic mass is 10.2. The molecule has 2 rings (SSSR count). The van der Waals surface area contributed by atoms with Gasteiger partial charge in [-0.15, -0.1) is 0 Å². The van der Waals surface area contributed by atoms with Gasteiger partial charge in [-0.05, 0) is 31.4 Å². The van der Waals surface area contributed by atoms with E-state index < -0.39 is 9.84 Å². The summed E-state index contributed by atoms with van der Waals surface area (Å²) in [6, 6.07) is 3.40. The van der Waals surface area contributed by atoms with Crippen LogP contribution in [0, 0.1) is 0 Å². The zero-order valence-corrected chi connectivity index (χ0v) is 14.6. The van der Waals surface area contributed by atoms with E-state index in [1.165, 1.54) is 0 Å². The molecule has 0 aromatic carbocycles. The molecule has 1 aromatic rings. The Hall–Kier alpha value is -1.63. The average molecular weight is 339 g/mol. The summed E-state index contributed by atoms with van der Waals surface area (Å²) in [6.07, 6.45) is 4.02. The van der Waals surface area contributed by atoms with Crippen molar-refractivity contribution < 1.29 is 13.2 Å². The SMILES string of the molecule is CCCN(CCC)C(=O)c1ccc(NC2CCS(=O)(=O)C2)nc1. The average Bonchev–Trinajstić information content (AvgIpc) is 2.86. The maximum atomic E-state index is 12.5. The Labute approximate surface area is 138 Å². The summed E-state index contributed by atoms with van der Waals surface area (Å²) in [4.78, 5) is 18.6. The summed E-state index contributed by atoms with van der Waals surface area (Å²) in [5, 5.41) is 3.13. The van der Waals surface area contributed by atoms with Gasteiger partial charge in [0.05, 0.1) is 17.1 Å². The maximum absolute atomic E-state index is 12.5. The van der Waals surface area contributed by atoms with E-state index in [9.17, 15) is 13.2 Å². The Balaban J connectivity index is 1.99. The minimum absolute atomic E-state index is 0.00352. The number of carbonyl (C=O) groups excluding carboxylic acids is 1. The fourth-order valence-electron chi connectivity index (χ4n) is 2.76. The standard InChI is InChI=1S/C16H25N3O3S/c1-3-8-19(9-4-2)16(20)13-5-6-15(17-11-13)18-14-7-10-23(21,22)12-14/h5-6,11,14H,3-4,7-10,12H2,1-2H3,(H,17,18). The fraction of sp³-hybridized carbons (Fsp3) is 0.625. The van der Waals surface area contributed by atoms with Gasteiger partial charge in [0.1, 0.15) is 5.82 Å². The van der Waals surface area contributed by atoms with Gasteiger partial charge in [-0.3, -0.25) is 4.79 Å². The number of hydrogen-bond acceptors (Lipinski definition) is 5. The quantitative estimate of drug-likeness (QED) is 0.821. The normalized spacial score (nSPS) is 19.5. The van der Waals surface area contributed by atoms with Crippen LogP contribution in [0.5, 0.6) is 0 Å². The second kappa shape index (κ2) is 7.77. The highest BCUT2D eigenvalue weighted by molar-refractivity contribution is 7.91. The molecule has 0 radical (unpaired) electrons. The minimum Gasteiger partial charge on any atom is -0.366 e. The van der Waals surface area contributed by atoms with E-state index in [2.05, 4.69) is 24.1 Å². The number of nitrogens with one attached hydrogen (secondary N) is 1. The molecule has 7 heteroatoms. The Morgan fingerprint density at radius 3 is 2.48 bits per heavy atom. The summed E-state index contributed by atoms with van der Waals surface area (Å²) < 4.78 is 22.9. The second-order valence-corrected chi connectivity index (χ2v) is 8.20. The molecule has 0 aliphatic carbocycles. The van der Waals surface area contributed by atoms with Gasteiger partial charge in [0, 0.05) is 25.3 Å². The number of hydrogen-bond donors (Lipinski definition) is 1. The van der Waals surface area contributed by atoms with Gasteiger partial charge in [0.25, 0.3) is 5.91 Å². The third-order valence-corrected chi connectivity index (χ3v) is 5.64. The van der Waals surface area contributed by atoms with Crippen molar-refractivity contribution in [2.45, 2.75) is 39.2 Å². The monoisotopic (exact) mass is 339 g/mol. The van der Waals surface area contributed by atoms with Crippen molar-refractivity contribution in [1.82, 2.24) is 9.88 Å². The van der Waals surface area contributed by atoms with Crippen molar-refractivity contribution in [2.24, 2.45) is 0 Å². The number of amides is 1. The van der Waals surface area contributed by atoms with Gasteiger partial charge < -0.3 is 10.2 Å². The number of carbonyl (C=O) groups is 1. The highest BCUT2D eigenvalue weighted by atomic mass is 32.2. The van der Waals surface area contributed by atoms with Crippen LogP contribution in [0.15, 0.2) is 18.3 Å². The first-order valence-corrected chi connectivity index (χ1v) is 9.99. The van der Waals surface area contributed by atoms with Crippen LogP contribution in [0.25, 0.3) is 0 Å². The van der Waals surface area contributed by atoms with Crippen molar-refractivity contribution in [3.05, 3.63) is 23.9 Å². The van der Waals surface area contributed by atoms with Crippen LogP contribution in [0.3, 0.4) is 0 Å². The van der Waals surface area contributed by atoms with Gasteiger partial charge in [0.15, 0.2) is 9.84 Å². The molecule has 1 aliphatic rings. The van der Waals surface area contributed by atoms with Crippen molar-refractivity contribution in [3.63, 3.8) is 0 Å². The third-order valence-electron chi connectivity index (χ3n) is 3.87. The molecule has 1 amide bonds. The summed E-state index contributed by atoms with van der Waals surface area (Å²) in [6.45, 7) is 5.59. The Morgan fingerprint density at radius 1 is 1.30 bits per heavy atom. The molecule has 1 aromatic heterocycles. The first-order valence-electron chi connectivity index (χ1n) is 8.17. The number of aromatic nitrogens is 1. The van der Waals surface area contributed by atoms with Gasteiger partial charge in [-0.25, -0.2) is 13.4 Å². The van der Waals surface area contributed by atoms with Gasteiger partial charge >= 0.3 is 0 Å². The van der Waals surface area contributed by atoms with Crippen molar-refractivity contribution in [3.8, 4) is 0 Å². The number of anilines is 1. The van der Waals surface area contributed by atoms with Gasteiger partial charge in [-0.1, -0.05) is 13.8 Å². The van der Waals surface area contributed by atoms with Crippen LogP contribution >= 0.6 is 0 Å². The van der Waals surface area contributed by atoms with Crippen LogP contribution in [0.1, 0.15) is 43.5 Å². The van der Waals surface area contributed by atoms with E-state index in [1.54, 1.807) is 18.3 Å². The van der Waals surface area contributed by atoms with Crippen molar-refractivity contribution in [2.75, 3.05) is 29.9 Å². The Kier molecular flexibility index (Phi) is 5.98. The lowest BCUT2D eigenvalue weighted by Gasteiger charge is -2.21. The molecular formula is C16H25N3O3S. The molecule has 2 heterocycles. The van der Waals surface area contributed by atoms with Crippen molar-refractivity contribution in [1.29, 1.82) is 0 Å². The molecule has 1 N–H and O–H groups in total. The molecule has 1 saturated heterocycles. The molecule has 6 nitrogen and oxygen atoms in total. The van der Waals surface area contributed by atoms with Gasteiger partial charge in [0.2, 0.25) is 0 Å². The predicted molar refractivity (Wildman–Crippen MR) is 91.4 cm³/mol. The first kappa shape index (κ1) is 17.7. The molecule has 0 saturated carbocycles. The van der Waals surface area contributed by atoms with Crippen LogP contribution in [0.4, 0.5) is 5.82 Å². The minimum atomic E-state index is -2.91. The Morgan fingerprint density at radius 2 is 2.00 bits per heavy atom. The maximum Gasteiger partial charge on any atom is 0.255 e. The molecule has 1 aliphatic heterocycles. The predicted octanol–water partition coefficient (Wildman–Crippen LogP) is 1.94. The van der Waals surface area contributed by atoms with E-state index in [1.807, 2.05) is 4.90 Å². The number of nitrogens with zero attached hydrogens (tertiary/aromatic N) is 2. The molecule has 128 valence electrons. The van der Waals surface area contributed by atoms with E-state index in [-0.39, 0.29) is 23.5 Å². The molecule has 0 spiro atoms. The number of sulfone groups is 1. The topological polar surface area (TPSA) is 79.4 Å². The summed E-state index contributed by atoms with van der Waals surface area (Å²) >= 11 is 0. The van der Waals surface area contributed by atoms with Crippen LogP contribution in [-0.2, 0) is 9.84 Å². The summed E-state index contributed by atoms with van der Waals surface area (Å²) in [5.74, 6) is 0.984. The number of pyridine rings is 1. The summed E-state index contributed by atoms with van der Waals surface area (Å²) in [7, 11) is -2.91. The molecule has 0 bridgehead atoms. The lowest BCUT2D eigenvalue weighted by Crippen LogP contribution is -2.32. The smallest absolute Gasteiger partial charge is 0.255 e. The fourth-order valence-corrected chi connectivity index (χ4v) is 4.43. The van der Waals surface area contributed by atoms with Crippen LogP contribution in [0.2, 0.25) is 0 Å². The molecule has 1 atom stereocenters. The number of rotatable bonds is 7. The zero-order valence-electron chi connectivity index (χ0n) is 13.8. The molecule has 1 unspecified atom stereocenters. The highest BCUT2D eigenvalue weighted by Gasteiger charge is 2.27. The van der Waals surface area contributed by atoms with Gasteiger partial charge in [-0.2, -0.15) is 0 Å². The highest BCUT2D eigenvalue weighted by Crippen LogP contribution is 2.16. The molecular weight excluding hydrogens is 314 g/mol. The van der Waals surface area contributed by atoms with Crippen LogP contribution < -0.4 is 5.32 Å².